The Hall–Kier alpha value is -2.16. The minimum Gasteiger partial charge on any atom is -0.340 e. The molecule has 110 valence electrons. The first-order valence-electron chi connectivity index (χ1n) is 7.50. The molecule has 21 heavy (non-hydrogen) atoms. The summed E-state index contributed by atoms with van der Waals surface area (Å²) in [6.45, 7) is 5.77. The molecule has 0 fully saturated rings. The van der Waals surface area contributed by atoms with E-state index in [2.05, 4.69) is 29.4 Å². The van der Waals surface area contributed by atoms with Gasteiger partial charge >= 0.3 is 0 Å². The van der Waals surface area contributed by atoms with Crippen molar-refractivity contribution in [2.75, 3.05) is 5.32 Å². The van der Waals surface area contributed by atoms with Crippen LogP contribution >= 0.6 is 0 Å². The van der Waals surface area contributed by atoms with E-state index in [1.54, 1.807) is 6.92 Å². The SMILES string of the molecule is CCCc1ccc(Nc2ccc(CC)c(C(C)=O)n2)cc1. The lowest BCUT2D eigenvalue weighted by Gasteiger charge is -2.10. The van der Waals surface area contributed by atoms with E-state index in [0.29, 0.717) is 11.5 Å². The largest absolute Gasteiger partial charge is 0.340 e. The highest BCUT2D eigenvalue weighted by atomic mass is 16.1. The van der Waals surface area contributed by atoms with Crippen LogP contribution in [0.5, 0.6) is 0 Å². The summed E-state index contributed by atoms with van der Waals surface area (Å²) in [6, 6.07) is 12.2. The lowest BCUT2D eigenvalue weighted by atomic mass is 10.1. The molecule has 0 aliphatic rings. The van der Waals surface area contributed by atoms with Crippen molar-refractivity contribution in [3.8, 4) is 0 Å². The van der Waals surface area contributed by atoms with Crippen LogP contribution in [0.15, 0.2) is 36.4 Å². The van der Waals surface area contributed by atoms with Gasteiger partial charge in [0.25, 0.3) is 0 Å². The third-order valence-electron chi connectivity index (χ3n) is 3.46. The number of pyridine rings is 1. The van der Waals surface area contributed by atoms with Crippen molar-refractivity contribution in [3.05, 3.63) is 53.2 Å². The van der Waals surface area contributed by atoms with E-state index >= 15 is 0 Å². The van der Waals surface area contributed by atoms with Crippen LogP contribution in [-0.4, -0.2) is 10.8 Å². The van der Waals surface area contributed by atoms with Gasteiger partial charge in [-0.2, -0.15) is 0 Å². The zero-order chi connectivity index (χ0) is 15.2. The molecular weight excluding hydrogens is 260 g/mol. The van der Waals surface area contributed by atoms with E-state index in [9.17, 15) is 4.79 Å². The van der Waals surface area contributed by atoms with Gasteiger partial charge in [-0.1, -0.05) is 38.5 Å². The van der Waals surface area contributed by atoms with Crippen LogP contribution in [0.3, 0.4) is 0 Å². The Morgan fingerprint density at radius 3 is 2.38 bits per heavy atom. The maximum atomic E-state index is 11.7. The zero-order valence-electron chi connectivity index (χ0n) is 12.9. The number of benzene rings is 1. The number of nitrogens with zero attached hydrogens (tertiary/aromatic N) is 1. The predicted molar refractivity (Wildman–Crippen MR) is 87.3 cm³/mol. The topological polar surface area (TPSA) is 42.0 Å². The molecule has 1 N–H and O–H groups in total. The van der Waals surface area contributed by atoms with E-state index in [4.69, 9.17) is 0 Å². The van der Waals surface area contributed by atoms with Crippen molar-refractivity contribution >= 4 is 17.3 Å². The first-order valence-corrected chi connectivity index (χ1v) is 7.50. The summed E-state index contributed by atoms with van der Waals surface area (Å²) in [7, 11) is 0. The second kappa shape index (κ2) is 7.02. The average molecular weight is 282 g/mol. The van der Waals surface area contributed by atoms with Crippen LogP contribution in [0.4, 0.5) is 11.5 Å². The highest BCUT2D eigenvalue weighted by Crippen LogP contribution is 2.18. The van der Waals surface area contributed by atoms with Crippen molar-refractivity contribution in [1.82, 2.24) is 4.98 Å². The standard InChI is InChI=1S/C18H22N2O/c1-4-6-14-7-10-16(11-8-14)19-17-12-9-15(5-2)18(20-17)13(3)21/h7-12H,4-6H2,1-3H3,(H,19,20). The average Bonchev–Trinajstić information content (AvgIpc) is 2.49. The minimum absolute atomic E-state index is 0.00814. The molecule has 1 aromatic heterocycles. The predicted octanol–water partition coefficient (Wildman–Crippen LogP) is 4.54. The molecule has 3 nitrogen and oxygen atoms in total. The van der Waals surface area contributed by atoms with Crippen molar-refractivity contribution in [1.29, 1.82) is 0 Å². The molecule has 0 saturated carbocycles. The number of Topliss-reactive ketones (excluding diaryl/α,β-unsaturated/α-hetero) is 1. The Balaban J connectivity index is 2.19. The molecule has 0 bridgehead atoms. The molecule has 2 aromatic rings. The fraction of sp³-hybridized carbons (Fsp3) is 0.333. The van der Waals surface area contributed by atoms with Crippen molar-refractivity contribution in [2.24, 2.45) is 0 Å². The summed E-state index contributed by atoms with van der Waals surface area (Å²) in [4.78, 5) is 16.1. The Kier molecular flexibility index (Phi) is 5.09. The lowest BCUT2D eigenvalue weighted by Crippen LogP contribution is -2.05. The minimum atomic E-state index is 0.00814. The summed E-state index contributed by atoms with van der Waals surface area (Å²) in [5.41, 5.74) is 3.87. The fourth-order valence-corrected chi connectivity index (χ4v) is 2.34. The van der Waals surface area contributed by atoms with Crippen LogP contribution in [0, 0.1) is 0 Å². The van der Waals surface area contributed by atoms with Crippen molar-refractivity contribution in [2.45, 2.75) is 40.0 Å². The van der Waals surface area contributed by atoms with E-state index in [0.717, 1.165) is 30.5 Å². The van der Waals surface area contributed by atoms with Gasteiger partial charge in [-0.05, 0) is 42.2 Å². The highest BCUT2D eigenvalue weighted by molar-refractivity contribution is 5.94. The summed E-state index contributed by atoms with van der Waals surface area (Å²) in [5.74, 6) is 0.717. The Labute approximate surface area is 126 Å². The number of rotatable bonds is 6. The quantitative estimate of drug-likeness (QED) is 0.791. The molecule has 3 heteroatoms. The van der Waals surface area contributed by atoms with Gasteiger partial charge in [-0.15, -0.1) is 0 Å². The van der Waals surface area contributed by atoms with Crippen molar-refractivity contribution in [3.63, 3.8) is 0 Å². The molecule has 2 rings (SSSR count). The second-order valence-electron chi connectivity index (χ2n) is 5.19. The lowest BCUT2D eigenvalue weighted by molar-refractivity contribution is 0.101. The number of ketones is 1. The van der Waals surface area contributed by atoms with Crippen LogP contribution in [0.25, 0.3) is 0 Å². The summed E-state index contributed by atoms with van der Waals surface area (Å²) in [6.07, 6.45) is 3.06. The van der Waals surface area contributed by atoms with Crippen LogP contribution in [0.2, 0.25) is 0 Å². The van der Waals surface area contributed by atoms with E-state index in [-0.39, 0.29) is 5.78 Å². The number of hydrogen-bond acceptors (Lipinski definition) is 3. The number of carbonyl (C=O) groups excluding carboxylic acids is 1. The Morgan fingerprint density at radius 1 is 1.10 bits per heavy atom. The van der Waals surface area contributed by atoms with Crippen LogP contribution in [0.1, 0.15) is 48.8 Å². The number of hydrogen-bond donors (Lipinski definition) is 1. The molecule has 0 saturated heterocycles. The number of carbonyl (C=O) groups is 1. The summed E-state index contributed by atoms with van der Waals surface area (Å²) in [5, 5.41) is 3.26. The molecule has 1 aromatic carbocycles. The normalized spacial score (nSPS) is 10.4. The van der Waals surface area contributed by atoms with E-state index in [1.165, 1.54) is 5.56 Å². The zero-order valence-corrected chi connectivity index (χ0v) is 12.9. The van der Waals surface area contributed by atoms with Crippen LogP contribution in [-0.2, 0) is 12.8 Å². The second-order valence-corrected chi connectivity index (χ2v) is 5.19. The van der Waals surface area contributed by atoms with Gasteiger partial charge in [0.2, 0.25) is 0 Å². The third kappa shape index (κ3) is 3.91. The molecule has 0 amide bonds. The van der Waals surface area contributed by atoms with Gasteiger partial charge in [0.15, 0.2) is 5.78 Å². The molecule has 0 aliphatic heterocycles. The van der Waals surface area contributed by atoms with Crippen LogP contribution < -0.4 is 5.32 Å². The monoisotopic (exact) mass is 282 g/mol. The molecule has 0 aliphatic carbocycles. The maximum absolute atomic E-state index is 11.7. The maximum Gasteiger partial charge on any atom is 0.178 e. The smallest absolute Gasteiger partial charge is 0.178 e. The first-order chi connectivity index (χ1) is 10.1. The highest BCUT2D eigenvalue weighted by Gasteiger charge is 2.09. The van der Waals surface area contributed by atoms with Gasteiger partial charge in [0.1, 0.15) is 11.5 Å². The third-order valence-corrected chi connectivity index (χ3v) is 3.46. The molecule has 0 radical (unpaired) electrons. The van der Waals surface area contributed by atoms with Gasteiger partial charge in [-0.25, -0.2) is 4.98 Å². The molecular formula is C18H22N2O. The summed E-state index contributed by atoms with van der Waals surface area (Å²) >= 11 is 0. The van der Waals surface area contributed by atoms with Gasteiger partial charge in [0.05, 0.1) is 0 Å². The molecule has 1 heterocycles. The Morgan fingerprint density at radius 2 is 1.81 bits per heavy atom. The van der Waals surface area contributed by atoms with E-state index in [1.807, 2.05) is 31.2 Å². The fourth-order valence-electron chi connectivity index (χ4n) is 2.34. The number of anilines is 2. The molecule has 0 unspecified atom stereocenters. The number of nitrogens with one attached hydrogen (secondary N) is 1. The van der Waals surface area contributed by atoms with E-state index < -0.39 is 0 Å². The summed E-state index contributed by atoms with van der Waals surface area (Å²) < 4.78 is 0. The Bertz CT molecular complexity index is 618. The number of aromatic nitrogens is 1. The molecule has 0 atom stereocenters. The molecule has 0 spiro atoms. The van der Waals surface area contributed by atoms with Crippen molar-refractivity contribution < 1.29 is 4.79 Å². The number of aryl methyl sites for hydroxylation is 2. The van der Waals surface area contributed by atoms with Gasteiger partial charge in [-0.3, -0.25) is 4.79 Å². The first kappa shape index (κ1) is 15.2. The van der Waals surface area contributed by atoms with Gasteiger partial charge < -0.3 is 5.32 Å². The van der Waals surface area contributed by atoms with Gasteiger partial charge in [0, 0.05) is 12.6 Å².